The van der Waals surface area contributed by atoms with E-state index in [1.54, 1.807) is 0 Å². The summed E-state index contributed by atoms with van der Waals surface area (Å²) in [4.78, 5) is 42.2. The fourth-order valence-electron chi connectivity index (χ4n) is 0.977. The molecule has 0 bridgehead atoms. The number of amides is 1. The van der Waals surface area contributed by atoms with Gasteiger partial charge in [0.1, 0.15) is 12.1 Å². The van der Waals surface area contributed by atoms with Gasteiger partial charge in [0, 0.05) is 0 Å². The largest absolute Gasteiger partial charge is 0.481 e. The molecule has 2 atom stereocenters. The lowest BCUT2D eigenvalue weighted by molar-refractivity contribution is -0.147. The Kier molecular flexibility index (Phi) is 6.31. The van der Waals surface area contributed by atoms with Crippen LogP contribution in [0.15, 0.2) is 0 Å². The monoisotopic (exact) mass is 263 g/mol. The molecule has 10 nitrogen and oxygen atoms in total. The molecule has 7 N–H and O–H groups in total. The second-order valence-electron chi connectivity index (χ2n) is 3.34. The maximum atomic E-state index is 10.7. The van der Waals surface area contributed by atoms with Crippen molar-refractivity contribution in [2.24, 2.45) is 5.73 Å². The number of carboxylic acid groups (broad SMARTS) is 3. The maximum absolute atomic E-state index is 10.7. The van der Waals surface area contributed by atoms with Crippen molar-refractivity contribution >= 4 is 23.8 Å². The van der Waals surface area contributed by atoms with Gasteiger partial charge < -0.3 is 21.1 Å². The van der Waals surface area contributed by atoms with E-state index in [2.05, 4.69) is 0 Å². The maximum Gasteiger partial charge on any atom is 0.322 e. The Balaban J connectivity index is 4.45. The van der Waals surface area contributed by atoms with Crippen LogP contribution in [0.25, 0.3) is 0 Å². The van der Waals surface area contributed by atoms with E-state index in [1.807, 2.05) is 10.9 Å². The number of rotatable bonds is 9. The summed E-state index contributed by atoms with van der Waals surface area (Å²) >= 11 is 0. The highest BCUT2D eigenvalue weighted by atomic mass is 16.4. The second kappa shape index (κ2) is 7.19. The number of nitrogens with two attached hydrogens (primary N) is 1. The van der Waals surface area contributed by atoms with Crippen molar-refractivity contribution in [3.05, 3.63) is 0 Å². The van der Waals surface area contributed by atoms with Gasteiger partial charge in [-0.25, -0.2) is 10.9 Å². The van der Waals surface area contributed by atoms with Gasteiger partial charge in [0.25, 0.3) is 0 Å². The topological polar surface area (TPSA) is 179 Å². The number of carbonyl (C=O) groups is 4. The quantitative estimate of drug-likeness (QED) is 0.242. The molecule has 0 aliphatic heterocycles. The van der Waals surface area contributed by atoms with Gasteiger partial charge in [-0.05, 0) is 0 Å². The first-order valence-electron chi connectivity index (χ1n) is 4.70. The minimum atomic E-state index is -1.53. The molecule has 1 amide bonds. The molecule has 0 fully saturated rings. The van der Waals surface area contributed by atoms with E-state index in [0.717, 1.165) is 0 Å². The summed E-state index contributed by atoms with van der Waals surface area (Å²) in [5.74, 6) is -5.19. The molecule has 0 radical (unpaired) electrons. The van der Waals surface area contributed by atoms with Gasteiger partial charge in [0.2, 0.25) is 5.91 Å². The molecule has 1 unspecified atom stereocenters. The van der Waals surface area contributed by atoms with Crippen LogP contribution in [0, 0.1) is 0 Å². The van der Waals surface area contributed by atoms with Crippen LogP contribution in [-0.4, -0.2) is 51.2 Å². The van der Waals surface area contributed by atoms with E-state index in [1.165, 1.54) is 0 Å². The summed E-state index contributed by atoms with van der Waals surface area (Å²) in [5, 5.41) is 25.8. The number of aliphatic carboxylic acids is 3. The van der Waals surface area contributed by atoms with Crippen molar-refractivity contribution < 1.29 is 34.5 Å². The molecule has 0 aliphatic rings. The lowest BCUT2D eigenvalue weighted by atomic mass is 10.2. The van der Waals surface area contributed by atoms with Crippen LogP contribution in [0.3, 0.4) is 0 Å². The van der Waals surface area contributed by atoms with Crippen LogP contribution >= 0.6 is 0 Å². The molecule has 102 valence electrons. The smallest absolute Gasteiger partial charge is 0.322 e. The zero-order valence-electron chi connectivity index (χ0n) is 9.12. The highest BCUT2D eigenvalue weighted by molar-refractivity contribution is 5.83. The Hall–Kier alpha value is -2.20. The van der Waals surface area contributed by atoms with E-state index in [0.29, 0.717) is 0 Å². The molecular weight excluding hydrogens is 250 g/mol. The minimum Gasteiger partial charge on any atom is -0.481 e. The van der Waals surface area contributed by atoms with Gasteiger partial charge in [-0.15, -0.1) is 0 Å². The van der Waals surface area contributed by atoms with Crippen molar-refractivity contribution in [3.63, 3.8) is 0 Å². The van der Waals surface area contributed by atoms with Crippen LogP contribution in [-0.2, 0) is 19.2 Å². The van der Waals surface area contributed by atoms with Crippen molar-refractivity contribution in [3.8, 4) is 0 Å². The summed E-state index contributed by atoms with van der Waals surface area (Å²) in [5.41, 5.74) is 8.86. The van der Waals surface area contributed by atoms with Crippen molar-refractivity contribution in [1.29, 1.82) is 0 Å². The summed E-state index contributed by atoms with van der Waals surface area (Å²) < 4.78 is 0. The molecule has 0 spiro atoms. The average Bonchev–Trinajstić information content (AvgIpc) is 2.20. The van der Waals surface area contributed by atoms with Gasteiger partial charge in [0.05, 0.1) is 12.8 Å². The van der Waals surface area contributed by atoms with E-state index in [-0.39, 0.29) is 0 Å². The number of hydrogen-bond donors (Lipinski definition) is 6. The number of carbonyl (C=O) groups excluding carboxylic acids is 1. The minimum absolute atomic E-state index is 0.568. The van der Waals surface area contributed by atoms with E-state index < -0.39 is 48.7 Å². The highest BCUT2D eigenvalue weighted by Gasteiger charge is 2.25. The van der Waals surface area contributed by atoms with Gasteiger partial charge >= 0.3 is 17.9 Å². The molecule has 10 heteroatoms. The average molecular weight is 263 g/mol. The zero-order valence-corrected chi connectivity index (χ0v) is 9.12. The molecule has 0 aromatic heterocycles. The first-order valence-corrected chi connectivity index (χ1v) is 4.70. The highest BCUT2D eigenvalue weighted by Crippen LogP contribution is 1.94. The predicted molar refractivity (Wildman–Crippen MR) is 55.2 cm³/mol. The van der Waals surface area contributed by atoms with Crippen LogP contribution in [0.2, 0.25) is 0 Å². The standard InChI is InChI=1S/C8H13N3O7/c9-5(12)1-3(7(15)16)10-11-4(8(17)18)2-6(13)14/h3-4,10-11H,1-2H2,(H2,9,12)(H,13,14)(H,15,16)(H,17,18)/t3-,4?/m0/s1. The van der Waals surface area contributed by atoms with Crippen molar-refractivity contribution in [2.45, 2.75) is 24.9 Å². The second-order valence-corrected chi connectivity index (χ2v) is 3.34. The van der Waals surface area contributed by atoms with Crippen molar-refractivity contribution in [1.82, 2.24) is 10.9 Å². The summed E-state index contributed by atoms with van der Waals surface area (Å²) in [6.45, 7) is 0. The summed E-state index contributed by atoms with van der Waals surface area (Å²) in [7, 11) is 0. The molecule has 0 saturated carbocycles. The molecule has 0 saturated heterocycles. The Morgan fingerprint density at radius 1 is 0.889 bits per heavy atom. The first-order chi connectivity index (χ1) is 8.23. The molecule has 0 aromatic carbocycles. The Morgan fingerprint density at radius 2 is 1.28 bits per heavy atom. The third-order valence-electron chi connectivity index (χ3n) is 1.81. The van der Waals surface area contributed by atoms with Crippen molar-refractivity contribution in [2.75, 3.05) is 0 Å². The van der Waals surface area contributed by atoms with Crippen LogP contribution in [0.4, 0.5) is 0 Å². The van der Waals surface area contributed by atoms with Crippen LogP contribution in [0.5, 0.6) is 0 Å². The molecular formula is C8H13N3O7. The van der Waals surface area contributed by atoms with Gasteiger partial charge in [-0.2, -0.15) is 0 Å². The molecule has 0 aromatic rings. The van der Waals surface area contributed by atoms with Crippen LogP contribution in [0.1, 0.15) is 12.8 Å². The fraction of sp³-hybridized carbons (Fsp3) is 0.500. The lowest BCUT2D eigenvalue weighted by Crippen LogP contribution is -2.54. The Bertz CT molecular complexity index is 323. The molecule has 0 aliphatic carbocycles. The van der Waals surface area contributed by atoms with Crippen LogP contribution < -0.4 is 16.6 Å². The molecule has 0 heterocycles. The fourth-order valence-corrected chi connectivity index (χ4v) is 0.977. The number of hydrogen-bond acceptors (Lipinski definition) is 6. The summed E-state index contributed by atoms with van der Waals surface area (Å²) in [6, 6.07) is -2.98. The lowest BCUT2D eigenvalue weighted by Gasteiger charge is -2.17. The van der Waals surface area contributed by atoms with Gasteiger partial charge in [-0.1, -0.05) is 0 Å². The Morgan fingerprint density at radius 3 is 1.56 bits per heavy atom. The Labute approximate surface area is 101 Å². The third-order valence-corrected chi connectivity index (χ3v) is 1.81. The SMILES string of the molecule is NC(=O)C[C@H](NNC(CC(=O)O)C(=O)O)C(=O)O. The number of nitrogens with one attached hydrogen (secondary N) is 2. The normalized spacial score (nSPS) is 13.6. The number of carboxylic acids is 3. The third kappa shape index (κ3) is 6.40. The summed E-state index contributed by atoms with van der Waals surface area (Å²) in [6.07, 6.45) is -1.33. The predicted octanol–water partition coefficient (Wildman–Crippen LogP) is -2.66. The van der Waals surface area contributed by atoms with E-state index in [4.69, 9.17) is 21.1 Å². The van der Waals surface area contributed by atoms with Gasteiger partial charge in [0.15, 0.2) is 0 Å². The molecule has 18 heavy (non-hydrogen) atoms. The van der Waals surface area contributed by atoms with Gasteiger partial charge in [-0.3, -0.25) is 19.2 Å². The zero-order chi connectivity index (χ0) is 14.3. The number of primary amides is 1. The number of hydrazine groups is 1. The first kappa shape index (κ1) is 15.8. The van der Waals surface area contributed by atoms with E-state index in [9.17, 15) is 19.2 Å². The molecule has 0 rings (SSSR count). The van der Waals surface area contributed by atoms with E-state index >= 15 is 0 Å².